The van der Waals surface area contributed by atoms with Gasteiger partial charge >= 0.3 is 0 Å². The molecule has 0 heterocycles. The maximum atomic E-state index is 13.3. The number of carbonyl (C=O) groups excluding carboxylic acids is 1. The molecule has 32 heavy (non-hydrogen) atoms. The Labute approximate surface area is 188 Å². The maximum absolute atomic E-state index is 13.3. The molecule has 3 aromatic rings. The van der Waals surface area contributed by atoms with E-state index in [0.717, 1.165) is 5.56 Å². The Morgan fingerprint density at radius 2 is 1.62 bits per heavy atom. The van der Waals surface area contributed by atoms with Gasteiger partial charge in [-0.3, -0.25) is 4.79 Å². The van der Waals surface area contributed by atoms with Crippen molar-refractivity contribution in [3.63, 3.8) is 0 Å². The monoisotopic (exact) mass is 454 g/mol. The Kier molecular flexibility index (Phi) is 7.77. The van der Waals surface area contributed by atoms with Crippen LogP contribution in [0.1, 0.15) is 34.2 Å². The number of hydrogen-bond acceptors (Lipinski definition) is 3. The van der Waals surface area contributed by atoms with E-state index in [1.54, 1.807) is 18.2 Å². The number of aryl methyl sites for hydroxylation is 3. The molecule has 0 unspecified atom stereocenters. The molecule has 0 saturated heterocycles. The summed E-state index contributed by atoms with van der Waals surface area (Å²) in [7, 11) is -3.77. The molecule has 5 nitrogen and oxygen atoms in total. The molecule has 3 rings (SSSR count). The number of rotatable bonds is 9. The van der Waals surface area contributed by atoms with Gasteiger partial charge in [0.05, 0.1) is 4.90 Å². The van der Waals surface area contributed by atoms with E-state index in [-0.39, 0.29) is 23.9 Å². The van der Waals surface area contributed by atoms with E-state index >= 15 is 0 Å². The minimum Gasteiger partial charge on any atom is -0.352 e. The van der Waals surface area contributed by atoms with Gasteiger partial charge in [0, 0.05) is 19.5 Å². The van der Waals surface area contributed by atoms with Gasteiger partial charge in [-0.25, -0.2) is 17.5 Å². The summed E-state index contributed by atoms with van der Waals surface area (Å²) in [6.07, 6.45) is 1.01. The largest absolute Gasteiger partial charge is 0.352 e. The number of amides is 1. The van der Waals surface area contributed by atoms with E-state index in [2.05, 4.69) is 16.1 Å². The van der Waals surface area contributed by atoms with Gasteiger partial charge in [-0.2, -0.15) is 0 Å². The van der Waals surface area contributed by atoms with Gasteiger partial charge < -0.3 is 5.32 Å². The lowest BCUT2D eigenvalue weighted by molar-refractivity contribution is -0.121. The number of sulfonamides is 1. The maximum Gasteiger partial charge on any atom is 0.240 e. The van der Waals surface area contributed by atoms with Crippen molar-refractivity contribution in [3.05, 3.63) is 100 Å². The molecule has 0 aromatic heterocycles. The molecule has 0 bridgehead atoms. The number of halogens is 1. The summed E-state index contributed by atoms with van der Waals surface area (Å²) >= 11 is 0. The summed E-state index contributed by atoms with van der Waals surface area (Å²) in [4.78, 5) is 12.4. The average Bonchev–Trinajstić information content (AvgIpc) is 2.76. The van der Waals surface area contributed by atoms with Crippen molar-refractivity contribution in [3.8, 4) is 0 Å². The molecule has 1 amide bonds. The van der Waals surface area contributed by atoms with Crippen molar-refractivity contribution in [2.75, 3.05) is 0 Å². The smallest absolute Gasteiger partial charge is 0.240 e. The van der Waals surface area contributed by atoms with Gasteiger partial charge in [0.1, 0.15) is 5.82 Å². The third kappa shape index (κ3) is 6.73. The first-order valence-corrected chi connectivity index (χ1v) is 11.9. The minimum atomic E-state index is -3.77. The molecule has 0 atom stereocenters. The number of nitrogens with one attached hydrogen (secondary N) is 2. The summed E-state index contributed by atoms with van der Waals surface area (Å²) in [6.45, 7) is 4.29. The van der Waals surface area contributed by atoms with E-state index in [4.69, 9.17) is 0 Å². The highest BCUT2D eigenvalue weighted by molar-refractivity contribution is 7.89. The zero-order valence-corrected chi connectivity index (χ0v) is 19.0. The quantitative estimate of drug-likeness (QED) is 0.510. The second-order valence-electron chi connectivity index (χ2n) is 7.81. The van der Waals surface area contributed by atoms with Gasteiger partial charge in [-0.05, 0) is 66.8 Å². The highest BCUT2D eigenvalue weighted by Crippen LogP contribution is 2.14. The van der Waals surface area contributed by atoms with Crippen molar-refractivity contribution in [2.24, 2.45) is 0 Å². The third-order valence-corrected chi connectivity index (χ3v) is 6.57. The van der Waals surface area contributed by atoms with Crippen LogP contribution in [0.3, 0.4) is 0 Å². The van der Waals surface area contributed by atoms with E-state index < -0.39 is 15.8 Å². The highest BCUT2D eigenvalue weighted by Gasteiger charge is 2.14. The molecular formula is C25H27FN2O3S. The molecule has 0 aliphatic carbocycles. The third-order valence-electron chi connectivity index (χ3n) is 5.17. The normalized spacial score (nSPS) is 11.3. The van der Waals surface area contributed by atoms with Gasteiger partial charge in [-0.15, -0.1) is 0 Å². The lowest BCUT2D eigenvalue weighted by atomic mass is 10.0. The molecule has 2 N–H and O–H groups in total. The fourth-order valence-electron chi connectivity index (χ4n) is 3.39. The fourth-order valence-corrected chi connectivity index (χ4v) is 4.48. The highest BCUT2D eigenvalue weighted by atomic mass is 32.2. The Bertz CT molecular complexity index is 1210. The summed E-state index contributed by atoms with van der Waals surface area (Å²) in [5.41, 5.74) is 4.71. The van der Waals surface area contributed by atoms with Crippen LogP contribution in [-0.4, -0.2) is 14.3 Å². The average molecular weight is 455 g/mol. The summed E-state index contributed by atoms with van der Waals surface area (Å²) < 4.78 is 41.0. The van der Waals surface area contributed by atoms with Crippen molar-refractivity contribution < 1.29 is 17.6 Å². The second-order valence-corrected chi connectivity index (χ2v) is 9.58. The second kappa shape index (κ2) is 10.5. The van der Waals surface area contributed by atoms with Crippen molar-refractivity contribution in [1.29, 1.82) is 0 Å². The molecule has 0 aliphatic rings. The van der Waals surface area contributed by atoms with Crippen molar-refractivity contribution in [1.82, 2.24) is 10.0 Å². The van der Waals surface area contributed by atoms with Gasteiger partial charge in [-0.1, -0.05) is 48.0 Å². The molecule has 0 aliphatic heterocycles. The van der Waals surface area contributed by atoms with E-state index in [0.29, 0.717) is 24.0 Å². The van der Waals surface area contributed by atoms with Crippen LogP contribution in [0.15, 0.2) is 71.6 Å². The van der Waals surface area contributed by atoms with Crippen LogP contribution in [0.4, 0.5) is 4.39 Å². The summed E-state index contributed by atoms with van der Waals surface area (Å²) in [5, 5.41) is 2.85. The fraction of sp³-hybridized carbons (Fsp3) is 0.240. The number of hydrogen-bond donors (Lipinski definition) is 2. The summed E-state index contributed by atoms with van der Waals surface area (Å²) in [6, 6.07) is 18.4. The van der Waals surface area contributed by atoms with Gasteiger partial charge in [0.25, 0.3) is 0 Å². The Balaban J connectivity index is 1.55. The molecule has 0 fully saturated rings. The van der Waals surface area contributed by atoms with Gasteiger partial charge in [0.15, 0.2) is 0 Å². The molecule has 7 heteroatoms. The lowest BCUT2D eigenvalue weighted by Gasteiger charge is -2.10. The van der Waals surface area contributed by atoms with Crippen LogP contribution in [0.2, 0.25) is 0 Å². The number of benzene rings is 3. The zero-order valence-electron chi connectivity index (χ0n) is 18.2. The van der Waals surface area contributed by atoms with Crippen molar-refractivity contribution in [2.45, 2.75) is 44.7 Å². The SMILES string of the molecule is Cc1ccc(CCC(=O)NCc2cccc(S(=O)(=O)NCc3cccc(F)c3)c2)c(C)c1. The van der Waals surface area contributed by atoms with Crippen LogP contribution in [0.25, 0.3) is 0 Å². The van der Waals surface area contributed by atoms with E-state index in [1.807, 2.05) is 26.0 Å². The van der Waals surface area contributed by atoms with Crippen molar-refractivity contribution >= 4 is 15.9 Å². The number of carbonyl (C=O) groups is 1. The van der Waals surface area contributed by atoms with Crippen LogP contribution in [0.5, 0.6) is 0 Å². The predicted octanol–water partition coefficient (Wildman–Crippen LogP) is 4.17. The molecule has 0 spiro atoms. The van der Waals surface area contributed by atoms with Crippen LogP contribution >= 0.6 is 0 Å². The lowest BCUT2D eigenvalue weighted by Crippen LogP contribution is -2.25. The first kappa shape index (κ1) is 23.6. The van der Waals surface area contributed by atoms with E-state index in [9.17, 15) is 17.6 Å². The predicted molar refractivity (Wildman–Crippen MR) is 123 cm³/mol. The molecule has 0 radical (unpaired) electrons. The van der Waals surface area contributed by atoms with Crippen LogP contribution < -0.4 is 10.0 Å². The Hall–Kier alpha value is -3.03. The summed E-state index contributed by atoms with van der Waals surface area (Å²) in [5.74, 6) is -0.514. The van der Waals surface area contributed by atoms with Crippen LogP contribution in [0, 0.1) is 19.7 Å². The van der Waals surface area contributed by atoms with Gasteiger partial charge in [0.2, 0.25) is 15.9 Å². The zero-order chi connectivity index (χ0) is 23.1. The molecule has 0 saturated carbocycles. The first-order chi connectivity index (χ1) is 15.2. The first-order valence-electron chi connectivity index (χ1n) is 10.4. The molecule has 3 aromatic carbocycles. The molecular weight excluding hydrogens is 427 g/mol. The standard InChI is InChI=1S/C25H27FN2O3S/c1-18-9-10-22(19(2)13-18)11-12-25(29)27-16-21-6-4-8-24(15-21)32(30,31)28-17-20-5-3-7-23(26)14-20/h3-10,13-15,28H,11-12,16-17H2,1-2H3,(H,27,29). The van der Waals surface area contributed by atoms with E-state index in [1.165, 1.54) is 41.5 Å². The topological polar surface area (TPSA) is 75.3 Å². The van der Waals surface area contributed by atoms with Crippen LogP contribution in [-0.2, 0) is 34.3 Å². The molecule has 168 valence electrons. The minimum absolute atomic E-state index is 0.0144. The Morgan fingerprint density at radius 3 is 2.34 bits per heavy atom. The Morgan fingerprint density at radius 1 is 0.906 bits per heavy atom.